The van der Waals surface area contributed by atoms with Crippen molar-refractivity contribution in [3.05, 3.63) is 30.1 Å². The highest BCUT2D eigenvalue weighted by Gasteiger charge is 2.11. The summed E-state index contributed by atoms with van der Waals surface area (Å²) in [4.78, 5) is 26.0. The minimum absolute atomic E-state index is 0.129. The molecule has 134 valence electrons. The lowest BCUT2D eigenvalue weighted by atomic mass is 10.1. The third kappa shape index (κ3) is 5.28. The number of hydrogen-bond donors (Lipinski definition) is 3. The second-order valence-electron chi connectivity index (χ2n) is 5.75. The molecule has 0 spiro atoms. The second-order valence-corrected chi connectivity index (χ2v) is 5.75. The van der Waals surface area contributed by atoms with Crippen LogP contribution in [0, 0.1) is 5.92 Å². The lowest BCUT2D eigenvalue weighted by Gasteiger charge is -2.13. The Balaban J connectivity index is 2.04. The molecule has 0 saturated carbocycles. The molecule has 9 heteroatoms. The number of carbonyl (C=O) groups is 1. The minimum atomic E-state index is -0.262. The van der Waals surface area contributed by atoms with E-state index in [1.807, 2.05) is 14.1 Å². The molecule has 1 atom stereocenters. The highest BCUT2D eigenvalue weighted by Crippen LogP contribution is 2.19. The topological polar surface area (TPSA) is 132 Å². The van der Waals surface area contributed by atoms with Gasteiger partial charge in [-0.25, -0.2) is 0 Å². The first-order chi connectivity index (χ1) is 11.9. The third-order valence-electron chi connectivity index (χ3n) is 3.36. The van der Waals surface area contributed by atoms with E-state index in [1.165, 1.54) is 0 Å². The van der Waals surface area contributed by atoms with Crippen LogP contribution in [-0.4, -0.2) is 41.5 Å². The molecule has 2 aromatic rings. The Morgan fingerprint density at radius 2 is 2.08 bits per heavy atom. The summed E-state index contributed by atoms with van der Waals surface area (Å²) in [6, 6.07) is 7.06. The summed E-state index contributed by atoms with van der Waals surface area (Å²) in [5.41, 5.74) is 11.8. The maximum Gasteiger partial charge on any atom is 0.230 e. The molecule has 0 saturated heterocycles. The van der Waals surface area contributed by atoms with E-state index in [0.29, 0.717) is 23.2 Å². The summed E-state index contributed by atoms with van der Waals surface area (Å²) in [6.07, 6.45) is 0. The van der Waals surface area contributed by atoms with E-state index < -0.39 is 0 Å². The van der Waals surface area contributed by atoms with Crippen molar-refractivity contribution in [1.82, 2.24) is 15.0 Å². The zero-order chi connectivity index (χ0) is 18.4. The van der Waals surface area contributed by atoms with Gasteiger partial charge in [0.15, 0.2) is 5.82 Å². The van der Waals surface area contributed by atoms with Crippen LogP contribution in [-0.2, 0) is 11.4 Å². The Morgan fingerprint density at radius 3 is 2.76 bits per heavy atom. The predicted molar refractivity (Wildman–Crippen MR) is 96.2 cm³/mol. The van der Waals surface area contributed by atoms with Gasteiger partial charge in [0.2, 0.25) is 17.8 Å². The minimum Gasteiger partial charge on any atom is -0.486 e. The van der Waals surface area contributed by atoms with E-state index in [0.717, 1.165) is 0 Å². The number of hydrogen-bond acceptors (Lipinski definition) is 8. The quantitative estimate of drug-likeness (QED) is 0.665. The Labute approximate surface area is 146 Å². The largest absolute Gasteiger partial charge is 0.486 e. The van der Waals surface area contributed by atoms with Gasteiger partial charge in [0.05, 0.1) is 0 Å². The molecular weight excluding hydrogens is 322 g/mol. The van der Waals surface area contributed by atoms with E-state index in [-0.39, 0.29) is 30.9 Å². The Hall–Kier alpha value is -2.94. The molecule has 0 radical (unpaired) electrons. The van der Waals surface area contributed by atoms with E-state index in [2.05, 4.69) is 20.3 Å². The van der Waals surface area contributed by atoms with Gasteiger partial charge in [-0.3, -0.25) is 4.79 Å². The number of carbonyl (C=O) groups excluding carboxylic acids is 1. The van der Waals surface area contributed by atoms with Crippen LogP contribution in [0.15, 0.2) is 24.3 Å². The number of amides is 1. The fourth-order valence-corrected chi connectivity index (χ4v) is 1.87. The van der Waals surface area contributed by atoms with Gasteiger partial charge in [-0.15, -0.1) is 0 Å². The highest BCUT2D eigenvalue weighted by atomic mass is 16.5. The number of nitrogen functional groups attached to an aromatic ring is 1. The number of nitrogens with two attached hydrogens (primary N) is 2. The van der Waals surface area contributed by atoms with Crippen molar-refractivity contribution in [2.75, 3.05) is 36.6 Å². The molecule has 25 heavy (non-hydrogen) atoms. The van der Waals surface area contributed by atoms with Gasteiger partial charge in [-0.2, -0.15) is 15.0 Å². The number of nitrogens with one attached hydrogen (secondary N) is 1. The normalized spacial score (nSPS) is 11.7. The molecule has 0 aliphatic rings. The Kier molecular flexibility index (Phi) is 6.07. The maximum atomic E-state index is 11.9. The molecule has 2 rings (SSSR count). The van der Waals surface area contributed by atoms with E-state index in [9.17, 15) is 4.79 Å². The zero-order valence-corrected chi connectivity index (χ0v) is 14.6. The van der Waals surface area contributed by atoms with Gasteiger partial charge in [0.25, 0.3) is 0 Å². The lowest BCUT2D eigenvalue weighted by molar-refractivity contribution is -0.119. The molecule has 1 heterocycles. The van der Waals surface area contributed by atoms with Crippen molar-refractivity contribution in [3.8, 4) is 5.75 Å². The molecule has 9 nitrogen and oxygen atoms in total. The molecular formula is C16H23N7O2. The van der Waals surface area contributed by atoms with Crippen LogP contribution in [0.5, 0.6) is 5.75 Å². The Bertz CT molecular complexity index is 736. The van der Waals surface area contributed by atoms with Crippen molar-refractivity contribution in [2.45, 2.75) is 13.5 Å². The van der Waals surface area contributed by atoms with Crippen molar-refractivity contribution >= 4 is 23.5 Å². The summed E-state index contributed by atoms with van der Waals surface area (Å²) in [7, 11) is 3.63. The molecule has 0 aliphatic heterocycles. The highest BCUT2D eigenvalue weighted by molar-refractivity contribution is 5.92. The van der Waals surface area contributed by atoms with Crippen LogP contribution in [0.3, 0.4) is 0 Å². The first kappa shape index (κ1) is 18.4. The predicted octanol–water partition coefficient (Wildman–Crippen LogP) is 0.632. The molecule has 0 fully saturated rings. The van der Waals surface area contributed by atoms with Crippen molar-refractivity contribution in [2.24, 2.45) is 11.7 Å². The van der Waals surface area contributed by atoms with Gasteiger partial charge in [0.1, 0.15) is 12.4 Å². The molecule has 1 aromatic heterocycles. The summed E-state index contributed by atoms with van der Waals surface area (Å²) >= 11 is 0. The molecule has 1 unspecified atom stereocenters. The van der Waals surface area contributed by atoms with Gasteiger partial charge in [-0.05, 0) is 12.1 Å². The van der Waals surface area contributed by atoms with E-state index in [1.54, 1.807) is 36.1 Å². The smallest absolute Gasteiger partial charge is 0.230 e. The standard InChI is InChI=1S/C16H23N7O2/c1-10(8-17)14(24)19-11-5-4-6-12(7-11)25-9-13-20-15(18)22-16(21-13)23(2)3/h4-7,10H,8-9,17H2,1-3H3,(H,19,24)(H2,18,20,21,22). The number of benzene rings is 1. The van der Waals surface area contributed by atoms with Crippen molar-refractivity contribution in [3.63, 3.8) is 0 Å². The first-order valence-corrected chi connectivity index (χ1v) is 7.80. The van der Waals surface area contributed by atoms with Crippen molar-refractivity contribution < 1.29 is 9.53 Å². The first-order valence-electron chi connectivity index (χ1n) is 7.80. The number of anilines is 3. The molecule has 0 aliphatic carbocycles. The Morgan fingerprint density at radius 1 is 1.32 bits per heavy atom. The fraction of sp³-hybridized carbons (Fsp3) is 0.375. The maximum absolute atomic E-state index is 11.9. The number of aromatic nitrogens is 3. The SMILES string of the molecule is CC(CN)C(=O)Nc1cccc(OCc2nc(N)nc(N(C)C)n2)c1. The van der Waals surface area contributed by atoms with Gasteiger partial charge >= 0.3 is 0 Å². The van der Waals surface area contributed by atoms with E-state index >= 15 is 0 Å². The van der Waals surface area contributed by atoms with Gasteiger partial charge in [-0.1, -0.05) is 13.0 Å². The monoisotopic (exact) mass is 345 g/mol. The van der Waals surface area contributed by atoms with Crippen LogP contribution in [0.25, 0.3) is 0 Å². The lowest BCUT2D eigenvalue weighted by Crippen LogP contribution is -2.26. The number of nitrogens with zero attached hydrogens (tertiary/aromatic N) is 4. The van der Waals surface area contributed by atoms with E-state index in [4.69, 9.17) is 16.2 Å². The summed E-state index contributed by atoms with van der Waals surface area (Å²) in [5.74, 6) is 1.19. The van der Waals surface area contributed by atoms with Gasteiger partial charge in [0, 0.05) is 38.3 Å². The van der Waals surface area contributed by atoms with Crippen LogP contribution in [0.2, 0.25) is 0 Å². The molecule has 0 bridgehead atoms. The second kappa shape index (κ2) is 8.25. The van der Waals surface area contributed by atoms with Crippen LogP contribution >= 0.6 is 0 Å². The molecule has 1 aromatic carbocycles. The summed E-state index contributed by atoms with van der Waals surface area (Å²) in [6.45, 7) is 2.18. The summed E-state index contributed by atoms with van der Waals surface area (Å²) < 4.78 is 5.69. The average molecular weight is 345 g/mol. The van der Waals surface area contributed by atoms with Crippen LogP contribution in [0.4, 0.5) is 17.6 Å². The number of ether oxygens (including phenoxy) is 1. The summed E-state index contributed by atoms with van der Waals surface area (Å²) in [5, 5.41) is 2.80. The van der Waals surface area contributed by atoms with Crippen LogP contribution in [0.1, 0.15) is 12.7 Å². The number of rotatable bonds is 7. The molecule has 5 N–H and O–H groups in total. The fourth-order valence-electron chi connectivity index (χ4n) is 1.87. The van der Waals surface area contributed by atoms with Crippen molar-refractivity contribution in [1.29, 1.82) is 0 Å². The molecule has 1 amide bonds. The zero-order valence-electron chi connectivity index (χ0n) is 14.6. The van der Waals surface area contributed by atoms with Gasteiger partial charge < -0.3 is 26.4 Å². The third-order valence-corrected chi connectivity index (χ3v) is 3.36. The average Bonchev–Trinajstić information content (AvgIpc) is 2.59. The van der Waals surface area contributed by atoms with Crippen LogP contribution < -0.4 is 26.4 Å².